The highest BCUT2D eigenvalue weighted by atomic mass is 16.5. The van der Waals surface area contributed by atoms with Gasteiger partial charge in [-0.25, -0.2) is 0 Å². The number of benzene rings is 2. The van der Waals surface area contributed by atoms with E-state index in [0.29, 0.717) is 18.4 Å². The highest BCUT2D eigenvalue weighted by Crippen LogP contribution is 2.21. The maximum Gasteiger partial charge on any atom is 0.251 e. The van der Waals surface area contributed by atoms with Crippen LogP contribution in [-0.4, -0.2) is 48.6 Å². The summed E-state index contributed by atoms with van der Waals surface area (Å²) >= 11 is 0. The molecule has 0 aromatic heterocycles. The molecule has 0 aliphatic heterocycles. The number of rotatable bonds is 12. The van der Waals surface area contributed by atoms with Gasteiger partial charge in [0.05, 0.1) is 11.8 Å². The van der Waals surface area contributed by atoms with Gasteiger partial charge in [-0.2, -0.15) is 0 Å². The molecule has 0 fully saturated rings. The quantitative estimate of drug-likeness (QED) is 0.308. The Kier molecular flexibility index (Phi) is 14.5. The number of carbonyl (C=O) groups excluding carboxylic acids is 1. The summed E-state index contributed by atoms with van der Waals surface area (Å²) in [5, 5.41) is 15.9. The molecule has 0 spiro atoms. The topological polar surface area (TPSA) is 83.0 Å². The van der Waals surface area contributed by atoms with Crippen LogP contribution in [0.5, 0.6) is 5.75 Å². The first-order valence-corrected chi connectivity index (χ1v) is 13.4. The molecule has 204 valence electrons. The fourth-order valence-corrected chi connectivity index (χ4v) is 3.71. The van der Waals surface area contributed by atoms with Gasteiger partial charge in [-0.15, -0.1) is 0 Å². The van der Waals surface area contributed by atoms with Gasteiger partial charge in [0.15, 0.2) is 0 Å². The Labute approximate surface area is 224 Å². The van der Waals surface area contributed by atoms with Gasteiger partial charge in [0, 0.05) is 30.0 Å². The zero-order chi connectivity index (χ0) is 28.0. The zero-order valence-electron chi connectivity index (χ0n) is 24.2. The fraction of sp³-hybridized carbons (Fsp3) is 0.484. The van der Waals surface area contributed by atoms with Crippen LogP contribution in [-0.2, 0) is 6.42 Å². The molecule has 2 rings (SSSR count). The predicted octanol–water partition coefficient (Wildman–Crippen LogP) is 5.96. The molecule has 0 heterocycles. The van der Waals surface area contributed by atoms with E-state index in [2.05, 4.69) is 41.8 Å². The third kappa shape index (κ3) is 10.5. The van der Waals surface area contributed by atoms with Gasteiger partial charge < -0.3 is 20.5 Å². The summed E-state index contributed by atoms with van der Waals surface area (Å²) in [6.45, 7) is 16.0. The lowest BCUT2D eigenvalue weighted by Gasteiger charge is -2.19. The molecule has 37 heavy (non-hydrogen) atoms. The molecule has 2 atom stereocenters. The number of aliphatic hydroxyl groups is 1. The normalized spacial score (nSPS) is 13.5. The number of aliphatic hydroxyl groups excluding tert-OH is 1. The molecule has 0 aliphatic carbocycles. The van der Waals surface area contributed by atoms with E-state index < -0.39 is 0 Å². The maximum absolute atomic E-state index is 12.9. The van der Waals surface area contributed by atoms with Crippen LogP contribution in [0.15, 0.2) is 53.5 Å². The second-order valence-electron chi connectivity index (χ2n) is 9.17. The average molecular weight is 510 g/mol. The third-order valence-corrected chi connectivity index (χ3v) is 5.97. The van der Waals surface area contributed by atoms with E-state index in [4.69, 9.17) is 9.73 Å². The summed E-state index contributed by atoms with van der Waals surface area (Å²) in [7, 11) is 1.92. The number of allylic oxidation sites excluding steroid dienone is 1. The second kappa shape index (κ2) is 16.7. The lowest BCUT2D eigenvalue weighted by atomic mass is 10.0. The van der Waals surface area contributed by atoms with E-state index in [-0.39, 0.29) is 30.7 Å². The van der Waals surface area contributed by atoms with Gasteiger partial charge in [0.1, 0.15) is 5.75 Å². The van der Waals surface area contributed by atoms with Gasteiger partial charge in [-0.3, -0.25) is 9.79 Å². The van der Waals surface area contributed by atoms with Crippen molar-refractivity contribution in [2.75, 3.05) is 13.7 Å². The summed E-state index contributed by atoms with van der Waals surface area (Å²) in [5.41, 5.74) is 5.58. The lowest BCUT2D eigenvalue weighted by Crippen LogP contribution is -2.37. The Morgan fingerprint density at radius 1 is 1.08 bits per heavy atom. The Morgan fingerprint density at radius 2 is 1.70 bits per heavy atom. The van der Waals surface area contributed by atoms with E-state index in [1.807, 2.05) is 73.7 Å². The molecule has 0 aliphatic rings. The highest BCUT2D eigenvalue weighted by molar-refractivity contribution is 5.95. The molecule has 2 aromatic rings. The first-order chi connectivity index (χ1) is 17.7. The first-order valence-electron chi connectivity index (χ1n) is 13.4. The minimum Gasteiger partial charge on any atom is -0.491 e. The van der Waals surface area contributed by atoms with Crippen molar-refractivity contribution in [3.8, 4) is 5.75 Å². The van der Waals surface area contributed by atoms with E-state index >= 15 is 0 Å². The van der Waals surface area contributed by atoms with Crippen molar-refractivity contribution in [3.63, 3.8) is 0 Å². The molecule has 6 heteroatoms. The van der Waals surface area contributed by atoms with Crippen molar-refractivity contribution in [3.05, 3.63) is 70.8 Å². The van der Waals surface area contributed by atoms with Crippen molar-refractivity contribution in [2.45, 2.75) is 86.4 Å². The minimum atomic E-state index is -0.178. The third-order valence-electron chi connectivity index (χ3n) is 5.97. The second-order valence-corrected chi connectivity index (χ2v) is 9.17. The largest absolute Gasteiger partial charge is 0.491 e. The van der Waals surface area contributed by atoms with Crippen LogP contribution >= 0.6 is 0 Å². The van der Waals surface area contributed by atoms with Gasteiger partial charge in [-0.1, -0.05) is 44.2 Å². The van der Waals surface area contributed by atoms with Crippen molar-refractivity contribution in [2.24, 2.45) is 4.99 Å². The van der Waals surface area contributed by atoms with Gasteiger partial charge in [-0.05, 0) is 96.3 Å². The molecule has 1 amide bonds. The van der Waals surface area contributed by atoms with Crippen LogP contribution in [0.2, 0.25) is 0 Å². The molecule has 0 radical (unpaired) electrons. The molecule has 2 aromatic carbocycles. The SMILES string of the molecule is C/C=C(\N=C(C)C(C)NC)c1ccc(C[C@@H](CCO)NC(=O)c2ccc(OC(C)C)c(C)c2)cc1.CC. The van der Waals surface area contributed by atoms with Gasteiger partial charge in [0.25, 0.3) is 5.91 Å². The Bertz CT molecular complexity index is 1030. The molecule has 0 bridgehead atoms. The van der Waals surface area contributed by atoms with Crippen LogP contribution < -0.4 is 15.4 Å². The lowest BCUT2D eigenvalue weighted by molar-refractivity contribution is 0.0930. The van der Waals surface area contributed by atoms with Crippen LogP contribution in [0.1, 0.15) is 81.9 Å². The number of ether oxygens (including phenoxy) is 1. The number of aryl methyl sites for hydroxylation is 1. The van der Waals surface area contributed by atoms with Crippen molar-refractivity contribution >= 4 is 17.3 Å². The molecular weight excluding hydrogens is 462 g/mol. The first kappa shape index (κ1) is 32.1. The number of aliphatic imine (C=N–C) groups is 1. The number of amides is 1. The minimum absolute atomic E-state index is 0.00356. The van der Waals surface area contributed by atoms with Crippen LogP contribution in [0.4, 0.5) is 0 Å². The highest BCUT2D eigenvalue weighted by Gasteiger charge is 2.16. The van der Waals surface area contributed by atoms with E-state index in [1.54, 1.807) is 6.07 Å². The fourth-order valence-electron chi connectivity index (χ4n) is 3.71. The Balaban J connectivity index is 0.00000334. The smallest absolute Gasteiger partial charge is 0.251 e. The molecule has 0 saturated carbocycles. The standard InChI is InChI=1S/C29H41N3O3.C2H6/c1-8-27(31-22(6)21(5)30-7)24-11-9-23(10-12-24)18-26(15-16-33)32-29(34)25-13-14-28(20(4)17-25)35-19(2)3;1-2/h8-14,17,19,21,26,30,33H,15-16,18H2,1-7H3,(H,32,34);1-2H3/b27-8-,31-22?;/t21?,26-;/m1./s1. The van der Waals surface area contributed by atoms with E-state index in [0.717, 1.165) is 33.8 Å². The van der Waals surface area contributed by atoms with Crippen molar-refractivity contribution in [1.29, 1.82) is 0 Å². The number of hydrogen-bond donors (Lipinski definition) is 3. The molecule has 1 unspecified atom stereocenters. The maximum atomic E-state index is 12.9. The summed E-state index contributed by atoms with van der Waals surface area (Å²) in [4.78, 5) is 17.7. The van der Waals surface area contributed by atoms with Crippen LogP contribution in [0.3, 0.4) is 0 Å². The monoisotopic (exact) mass is 509 g/mol. The summed E-state index contributed by atoms with van der Waals surface area (Å²) in [5.74, 6) is 0.628. The Morgan fingerprint density at radius 3 is 2.22 bits per heavy atom. The average Bonchev–Trinajstić information content (AvgIpc) is 2.89. The Hall–Kier alpha value is -2.96. The zero-order valence-corrected chi connectivity index (χ0v) is 24.2. The molecule has 0 saturated heterocycles. The number of nitrogens with one attached hydrogen (secondary N) is 2. The van der Waals surface area contributed by atoms with E-state index in [1.165, 1.54) is 0 Å². The van der Waals surface area contributed by atoms with Gasteiger partial charge >= 0.3 is 0 Å². The molecule has 3 N–H and O–H groups in total. The number of hydrogen-bond acceptors (Lipinski definition) is 5. The number of carbonyl (C=O) groups is 1. The number of nitrogens with zero attached hydrogens (tertiary/aromatic N) is 1. The van der Waals surface area contributed by atoms with Crippen molar-refractivity contribution < 1.29 is 14.6 Å². The summed E-state index contributed by atoms with van der Waals surface area (Å²) in [6, 6.07) is 13.7. The van der Waals surface area contributed by atoms with Crippen molar-refractivity contribution in [1.82, 2.24) is 10.6 Å². The molecule has 6 nitrogen and oxygen atoms in total. The summed E-state index contributed by atoms with van der Waals surface area (Å²) < 4.78 is 5.77. The van der Waals surface area contributed by atoms with Gasteiger partial charge in [0.2, 0.25) is 0 Å². The van der Waals surface area contributed by atoms with E-state index in [9.17, 15) is 9.90 Å². The molecular formula is C31H47N3O3. The summed E-state index contributed by atoms with van der Waals surface area (Å²) in [6.07, 6.45) is 3.19. The van der Waals surface area contributed by atoms with Crippen LogP contribution in [0.25, 0.3) is 5.70 Å². The van der Waals surface area contributed by atoms with Crippen LogP contribution in [0, 0.1) is 6.92 Å². The predicted molar refractivity (Wildman–Crippen MR) is 157 cm³/mol.